The Labute approximate surface area is 183 Å². The standard InChI is InChI=1S/C21H26N4O2.HI/c1-3-27-19-12-8-7-9-16(19)14-23-21(22-2)24-17-13-20(26)25(15-17)18-10-5-4-6-11-18;/h4-12,17H,3,13-15H2,1-2H3,(H2,22,23,24);1H. The van der Waals surface area contributed by atoms with Crippen LogP contribution in [0.25, 0.3) is 0 Å². The van der Waals surface area contributed by atoms with Crippen molar-refractivity contribution in [2.24, 2.45) is 4.99 Å². The highest BCUT2D eigenvalue weighted by Gasteiger charge is 2.31. The Balaban J connectivity index is 0.00000280. The third kappa shape index (κ3) is 5.60. The van der Waals surface area contributed by atoms with Gasteiger partial charge >= 0.3 is 0 Å². The fourth-order valence-corrected chi connectivity index (χ4v) is 3.17. The second kappa shape index (κ2) is 10.9. The summed E-state index contributed by atoms with van der Waals surface area (Å²) in [6.45, 7) is 3.82. The van der Waals surface area contributed by atoms with Gasteiger partial charge in [0.2, 0.25) is 5.91 Å². The van der Waals surface area contributed by atoms with Gasteiger partial charge in [-0.2, -0.15) is 0 Å². The van der Waals surface area contributed by atoms with Gasteiger partial charge in [0.15, 0.2) is 5.96 Å². The molecular formula is C21H27IN4O2. The van der Waals surface area contributed by atoms with Crippen LogP contribution >= 0.6 is 24.0 Å². The predicted molar refractivity (Wildman–Crippen MR) is 124 cm³/mol. The van der Waals surface area contributed by atoms with Gasteiger partial charge in [-0.1, -0.05) is 36.4 Å². The van der Waals surface area contributed by atoms with Crippen molar-refractivity contribution < 1.29 is 9.53 Å². The van der Waals surface area contributed by atoms with Crippen LogP contribution in [0.5, 0.6) is 5.75 Å². The molecule has 6 nitrogen and oxygen atoms in total. The fraction of sp³-hybridized carbons (Fsp3) is 0.333. The van der Waals surface area contributed by atoms with Crippen LogP contribution in [0.2, 0.25) is 0 Å². The zero-order valence-corrected chi connectivity index (χ0v) is 18.6. The summed E-state index contributed by atoms with van der Waals surface area (Å²) in [7, 11) is 1.73. The number of para-hydroxylation sites is 2. The molecule has 0 saturated carbocycles. The molecule has 1 unspecified atom stereocenters. The molecule has 1 heterocycles. The van der Waals surface area contributed by atoms with E-state index in [1.807, 2.05) is 66.4 Å². The summed E-state index contributed by atoms with van der Waals surface area (Å²) in [4.78, 5) is 18.5. The van der Waals surface area contributed by atoms with Crippen LogP contribution in [0.4, 0.5) is 5.69 Å². The minimum absolute atomic E-state index is 0. The Kier molecular flexibility index (Phi) is 8.56. The zero-order valence-electron chi connectivity index (χ0n) is 16.2. The van der Waals surface area contributed by atoms with Crippen molar-refractivity contribution in [3.8, 4) is 5.75 Å². The second-order valence-corrected chi connectivity index (χ2v) is 6.35. The summed E-state index contributed by atoms with van der Waals surface area (Å²) in [6.07, 6.45) is 0.450. The van der Waals surface area contributed by atoms with Crippen molar-refractivity contribution in [2.75, 3.05) is 25.1 Å². The largest absolute Gasteiger partial charge is 0.494 e. The Hall–Kier alpha value is -2.29. The van der Waals surface area contributed by atoms with Gasteiger partial charge < -0.3 is 20.3 Å². The Morgan fingerprint density at radius 1 is 1.18 bits per heavy atom. The number of carbonyl (C=O) groups excluding carboxylic acids is 1. The number of rotatable bonds is 6. The smallest absolute Gasteiger partial charge is 0.229 e. The van der Waals surface area contributed by atoms with Gasteiger partial charge in [-0.3, -0.25) is 9.79 Å². The molecule has 2 aromatic rings. The minimum atomic E-state index is 0. The normalized spacial score (nSPS) is 16.5. The summed E-state index contributed by atoms with van der Waals surface area (Å²) in [5.41, 5.74) is 2.00. The van der Waals surface area contributed by atoms with E-state index in [0.29, 0.717) is 32.1 Å². The molecule has 1 fully saturated rings. The molecule has 28 heavy (non-hydrogen) atoms. The van der Waals surface area contributed by atoms with Gasteiger partial charge in [0, 0.05) is 37.8 Å². The van der Waals surface area contributed by atoms with E-state index in [4.69, 9.17) is 4.74 Å². The number of benzene rings is 2. The van der Waals surface area contributed by atoms with Crippen molar-refractivity contribution in [2.45, 2.75) is 25.9 Å². The van der Waals surface area contributed by atoms with E-state index in [9.17, 15) is 4.79 Å². The molecule has 0 radical (unpaired) electrons. The molecule has 1 amide bonds. The number of nitrogens with one attached hydrogen (secondary N) is 2. The lowest BCUT2D eigenvalue weighted by molar-refractivity contribution is -0.117. The van der Waals surface area contributed by atoms with Crippen molar-refractivity contribution >= 4 is 41.5 Å². The average molecular weight is 494 g/mol. The molecule has 1 saturated heterocycles. The van der Waals surface area contributed by atoms with E-state index in [1.54, 1.807) is 7.05 Å². The van der Waals surface area contributed by atoms with Crippen LogP contribution in [-0.2, 0) is 11.3 Å². The van der Waals surface area contributed by atoms with Crippen molar-refractivity contribution in [3.05, 3.63) is 60.2 Å². The maximum Gasteiger partial charge on any atom is 0.229 e. The average Bonchev–Trinajstić information content (AvgIpc) is 3.07. The van der Waals surface area contributed by atoms with Gasteiger partial charge in [-0.15, -0.1) is 24.0 Å². The quantitative estimate of drug-likeness (QED) is 0.368. The van der Waals surface area contributed by atoms with Crippen molar-refractivity contribution in [1.82, 2.24) is 10.6 Å². The lowest BCUT2D eigenvalue weighted by Crippen LogP contribution is -2.44. The minimum Gasteiger partial charge on any atom is -0.494 e. The highest BCUT2D eigenvalue weighted by Crippen LogP contribution is 2.21. The molecular weight excluding hydrogens is 467 g/mol. The van der Waals surface area contributed by atoms with E-state index in [2.05, 4.69) is 15.6 Å². The third-order valence-corrected chi connectivity index (χ3v) is 4.48. The molecule has 2 aromatic carbocycles. The summed E-state index contributed by atoms with van der Waals surface area (Å²) >= 11 is 0. The zero-order chi connectivity index (χ0) is 19.1. The molecule has 1 aliphatic rings. The number of guanidine groups is 1. The van der Waals surface area contributed by atoms with Crippen molar-refractivity contribution in [3.63, 3.8) is 0 Å². The molecule has 3 rings (SSSR count). The van der Waals surface area contributed by atoms with E-state index in [0.717, 1.165) is 17.0 Å². The fourth-order valence-electron chi connectivity index (χ4n) is 3.17. The summed E-state index contributed by atoms with van der Waals surface area (Å²) < 4.78 is 5.66. The first-order chi connectivity index (χ1) is 13.2. The number of anilines is 1. The van der Waals surface area contributed by atoms with Gasteiger partial charge in [-0.25, -0.2) is 0 Å². The Bertz CT molecular complexity index is 798. The summed E-state index contributed by atoms with van der Waals surface area (Å²) in [6, 6.07) is 17.7. The maximum absolute atomic E-state index is 12.4. The van der Waals surface area contributed by atoms with E-state index < -0.39 is 0 Å². The lowest BCUT2D eigenvalue weighted by Gasteiger charge is -2.19. The molecule has 0 aliphatic carbocycles. The highest BCUT2D eigenvalue weighted by atomic mass is 127. The van der Waals surface area contributed by atoms with Gasteiger partial charge in [0.1, 0.15) is 5.75 Å². The molecule has 150 valence electrons. The maximum atomic E-state index is 12.4. The predicted octanol–water partition coefficient (Wildman–Crippen LogP) is 3.17. The molecule has 0 bridgehead atoms. The molecule has 2 N–H and O–H groups in total. The number of carbonyl (C=O) groups is 1. The Morgan fingerprint density at radius 3 is 2.61 bits per heavy atom. The number of amides is 1. The molecule has 1 atom stereocenters. The van der Waals surface area contributed by atoms with Crippen LogP contribution in [0, 0.1) is 0 Å². The van der Waals surface area contributed by atoms with Crippen LogP contribution in [0.1, 0.15) is 18.9 Å². The number of ether oxygens (including phenoxy) is 1. The topological polar surface area (TPSA) is 66.0 Å². The number of hydrogen-bond acceptors (Lipinski definition) is 3. The first-order valence-corrected chi connectivity index (χ1v) is 9.24. The second-order valence-electron chi connectivity index (χ2n) is 6.35. The molecule has 1 aliphatic heterocycles. The summed E-state index contributed by atoms with van der Waals surface area (Å²) in [5.74, 6) is 1.67. The van der Waals surface area contributed by atoms with Crippen LogP contribution < -0.4 is 20.3 Å². The van der Waals surface area contributed by atoms with Gasteiger partial charge in [0.25, 0.3) is 0 Å². The monoisotopic (exact) mass is 494 g/mol. The van der Waals surface area contributed by atoms with Gasteiger partial charge in [0.05, 0.1) is 12.6 Å². The number of aliphatic imine (C=N–C) groups is 1. The summed E-state index contributed by atoms with van der Waals surface area (Å²) in [5, 5.41) is 6.66. The van der Waals surface area contributed by atoms with Gasteiger partial charge in [-0.05, 0) is 25.1 Å². The van der Waals surface area contributed by atoms with E-state index in [-0.39, 0.29) is 35.9 Å². The highest BCUT2D eigenvalue weighted by molar-refractivity contribution is 14.0. The number of hydrogen-bond donors (Lipinski definition) is 2. The lowest BCUT2D eigenvalue weighted by atomic mass is 10.2. The molecule has 7 heteroatoms. The Morgan fingerprint density at radius 2 is 1.89 bits per heavy atom. The molecule has 0 spiro atoms. The van der Waals surface area contributed by atoms with E-state index in [1.165, 1.54) is 0 Å². The van der Waals surface area contributed by atoms with Crippen LogP contribution in [-0.4, -0.2) is 38.1 Å². The van der Waals surface area contributed by atoms with Crippen LogP contribution in [0.15, 0.2) is 59.6 Å². The first-order valence-electron chi connectivity index (χ1n) is 9.24. The van der Waals surface area contributed by atoms with E-state index >= 15 is 0 Å². The third-order valence-electron chi connectivity index (χ3n) is 4.48. The SMILES string of the molecule is CCOc1ccccc1CNC(=NC)NC1CC(=O)N(c2ccccc2)C1.I. The first kappa shape index (κ1) is 22.0. The molecule has 0 aromatic heterocycles. The van der Waals surface area contributed by atoms with Crippen molar-refractivity contribution in [1.29, 1.82) is 0 Å². The number of nitrogens with zero attached hydrogens (tertiary/aromatic N) is 2. The van der Waals surface area contributed by atoms with Crippen LogP contribution in [0.3, 0.4) is 0 Å². The number of halogens is 1.